The fourth-order valence-electron chi connectivity index (χ4n) is 2.30. The Kier molecular flexibility index (Phi) is 5.70. The first-order valence-corrected chi connectivity index (χ1v) is 8.64. The van der Waals surface area contributed by atoms with Crippen LogP contribution in [0.2, 0.25) is 0 Å². The van der Waals surface area contributed by atoms with Gasteiger partial charge in [0.15, 0.2) is 0 Å². The maximum atomic E-state index is 12.2. The lowest BCUT2D eigenvalue weighted by Crippen LogP contribution is -2.50. The van der Waals surface area contributed by atoms with Gasteiger partial charge < -0.3 is 15.1 Å². The molecule has 23 heavy (non-hydrogen) atoms. The van der Waals surface area contributed by atoms with Crippen LogP contribution in [0.3, 0.4) is 0 Å². The minimum Gasteiger partial charge on any atom is -0.332 e. The minimum atomic E-state index is -0.564. The van der Waals surface area contributed by atoms with E-state index in [9.17, 15) is 9.59 Å². The van der Waals surface area contributed by atoms with Gasteiger partial charge in [0.2, 0.25) is 0 Å². The number of nitrogens with zero attached hydrogens (tertiary/aromatic N) is 2. The molecule has 126 valence electrons. The van der Waals surface area contributed by atoms with Gasteiger partial charge in [0.25, 0.3) is 0 Å². The van der Waals surface area contributed by atoms with Crippen molar-refractivity contribution in [1.29, 1.82) is 0 Å². The summed E-state index contributed by atoms with van der Waals surface area (Å²) in [5.74, 6) is -1.02. The molecule has 5 nitrogen and oxygen atoms in total. The molecule has 0 aliphatic carbocycles. The Morgan fingerprint density at radius 3 is 2.13 bits per heavy atom. The van der Waals surface area contributed by atoms with Crippen LogP contribution in [0.15, 0.2) is 29.2 Å². The summed E-state index contributed by atoms with van der Waals surface area (Å²) in [6, 6.07) is 7.60. The SMILES string of the molecule is CN1CCN(C(=O)C(=O)Nc2ccc(SC(C)(C)C)cc2)CC1. The van der Waals surface area contributed by atoms with Gasteiger partial charge in [-0.3, -0.25) is 9.59 Å². The highest BCUT2D eigenvalue weighted by molar-refractivity contribution is 8.00. The lowest BCUT2D eigenvalue weighted by molar-refractivity contribution is -0.144. The summed E-state index contributed by atoms with van der Waals surface area (Å²) in [7, 11) is 2.01. The summed E-state index contributed by atoms with van der Waals surface area (Å²) in [6.45, 7) is 9.27. The maximum absolute atomic E-state index is 12.2. The van der Waals surface area contributed by atoms with Crippen molar-refractivity contribution in [1.82, 2.24) is 9.80 Å². The summed E-state index contributed by atoms with van der Waals surface area (Å²) in [4.78, 5) is 29.1. The number of carbonyl (C=O) groups is 2. The van der Waals surface area contributed by atoms with Crippen LogP contribution in [0.25, 0.3) is 0 Å². The van der Waals surface area contributed by atoms with E-state index in [1.807, 2.05) is 31.3 Å². The van der Waals surface area contributed by atoms with E-state index in [-0.39, 0.29) is 4.75 Å². The monoisotopic (exact) mass is 335 g/mol. The third kappa shape index (κ3) is 5.55. The number of hydrogen-bond donors (Lipinski definition) is 1. The molecule has 1 heterocycles. The summed E-state index contributed by atoms with van der Waals surface area (Å²) in [6.07, 6.45) is 0. The van der Waals surface area contributed by atoms with Gasteiger partial charge in [-0.1, -0.05) is 20.8 Å². The van der Waals surface area contributed by atoms with Crippen molar-refractivity contribution in [2.24, 2.45) is 0 Å². The van der Waals surface area contributed by atoms with Gasteiger partial charge in [0, 0.05) is 41.5 Å². The second kappa shape index (κ2) is 7.36. The van der Waals surface area contributed by atoms with Gasteiger partial charge in [-0.05, 0) is 31.3 Å². The number of nitrogens with one attached hydrogen (secondary N) is 1. The van der Waals surface area contributed by atoms with Crippen LogP contribution in [-0.4, -0.2) is 59.6 Å². The van der Waals surface area contributed by atoms with Crippen molar-refractivity contribution in [3.05, 3.63) is 24.3 Å². The van der Waals surface area contributed by atoms with Gasteiger partial charge in [-0.2, -0.15) is 0 Å². The van der Waals surface area contributed by atoms with E-state index in [0.717, 1.165) is 18.0 Å². The normalized spacial score (nSPS) is 16.3. The molecule has 0 spiro atoms. The van der Waals surface area contributed by atoms with Crippen molar-refractivity contribution in [3.63, 3.8) is 0 Å². The Morgan fingerprint density at radius 1 is 1.04 bits per heavy atom. The predicted octanol–water partition coefficient (Wildman–Crippen LogP) is 2.29. The number of piperazine rings is 1. The smallest absolute Gasteiger partial charge is 0.313 e. The number of thioether (sulfide) groups is 1. The first-order chi connectivity index (χ1) is 10.7. The van der Waals surface area contributed by atoms with Crippen molar-refractivity contribution < 1.29 is 9.59 Å². The van der Waals surface area contributed by atoms with E-state index >= 15 is 0 Å². The molecule has 1 fully saturated rings. The minimum absolute atomic E-state index is 0.141. The standard InChI is InChI=1S/C17H25N3O2S/c1-17(2,3)23-14-7-5-13(6-8-14)18-15(21)16(22)20-11-9-19(4)10-12-20/h5-8H,9-12H2,1-4H3,(H,18,21). The second-order valence-electron chi connectivity index (χ2n) is 6.79. The number of anilines is 1. The lowest BCUT2D eigenvalue weighted by Gasteiger charge is -2.31. The van der Waals surface area contributed by atoms with Crippen molar-refractivity contribution in [3.8, 4) is 0 Å². The van der Waals surface area contributed by atoms with Crippen molar-refractivity contribution in [2.75, 3.05) is 38.5 Å². The van der Waals surface area contributed by atoms with Crippen LogP contribution in [-0.2, 0) is 9.59 Å². The molecule has 1 aromatic carbocycles. The number of likely N-dealkylation sites (N-methyl/N-ethyl adjacent to an activating group) is 1. The van der Waals surface area contributed by atoms with Crippen LogP contribution in [0.5, 0.6) is 0 Å². The summed E-state index contributed by atoms with van der Waals surface area (Å²) >= 11 is 1.77. The number of rotatable bonds is 2. The summed E-state index contributed by atoms with van der Waals surface area (Å²) in [5.41, 5.74) is 0.649. The predicted molar refractivity (Wildman–Crippen MR) is 94.8 cm³/mol. The molecular formula is C17H25N3O2S. The first kappa shape index (κ1) is 17.8. The zero-order valence-corrected chi connectivity index (χ0v) is 15.1. The molecule has 0 radical (unpaired) electrons. The Labute approximate surface area is 142 Å². The zero-order chi connectivity index (χ0) is 17.0. The number of amides is 2. The molecule has 1 aromatic rings. The van der Waals surface area contributed by atoms with Crippen molar-refractivity contribution >= 4 is 29.3 Å². The van der Waals surface area contributed by atoms with E-state index in [2.05, 4.69) is 31.0 Å². The molecule has 2 amide bonds. The molecule has 1 saturated heterocycles. The van der Waals surface area contributed by atoms with E-state index in [0.29, 0.717) is 18.8 Å². The topological polar surface area (TPSA) is 52.7 Å². The highest BCUT2D eigenvalue weighted by Gasteiger charge is 2.24. The van der Waals surface area contributed by atoms with E-state index < -0.39 is 11.8 Å². The number of hydrogen-bond acceptors (Lipinski definition) is 4. The number of carbonyl (C=O) groups excluding carboxylic acids is 2. The Morgan fingerprint density at radius 2 is 1.61 bits per heavy atom. The highest BCUT2D eigenvalue weighted by atomic mass is 32.2. The molecule has 1 aliphatic heterocycles. The quantitative estimate of drug-likeness (QED) is 0.665. The Bertz CT molecular complexity index is 558. The molecule has 0 atom stereocenters. The summed E-state index contributed by atoms with van der Waals surface area (Å²) < 4.78 is 0.141. The third-order valence-electron chi connectivity index (χ3n) is 3.52. The largest absolute Gasteiger partial charge is 0.332 e. The molecule has 2 rings (SSSR count). The van der Waals surface area contributed by atoms with Crippen LogP contribution >= 0.6 is 11.8 Å². The van der Waals surface area contributed by atoms with Gasteiger partial charge in [-0.15, -0.1) is 11.8 Å². The average molecular weight is 335 g/mol. The Hall–Kier alpha value is -1.53. The highest BCUT2D eigenvalue weighted by Crippen LogP contribution is 2.32. The van der Waals surface area contributed by atoms with Crippen LogP contribution in [0, 0.1) is 0 Å². The zero-order valence-electron chi connectivity index (χ0n) is 14.3. The number of benzene rings is 1. The molecule has 0 unspecified atom stereocenters. The first-order valence-electron chi connectivity index (χ1n) is 7.82. The molecule has 1 aliphatic rings. The third-order valence-corrected chi connectivity index (χ3v) is 4.64. The van der Waals surface area contributed by atoms with Crippen molar-refractivity contribution in [2.45, 2.75) is 30.4 Å². The van der Waals surface area contributed by atoms with Crippen LogP contribution in [0.4, 0.5) is 5.69 Å². The second-order valence-corrected chi connectivity index (χ2v) is 8.69. The van der Waals surface area contributed by atoms with Crippen LogP contribution < -0.4 is 5.32 Å². The van der Waals surface area contributed by atoms with Crippen LogP contribution in [0.1, 0.15) is 20.8 Å². The maximum Gasteiger partial charge on any atom is 0.313 e. The fraction of sp³-hybridized carbons (Fsp3) is 0.529. The molecule has 6 heteroatoms. The molecule has 0 saturated carbocycles. The molecule has 0 aromatic heterocycles. The molecule has 1 N–H and O–H groups in total. The van der Waals surface area contributed by atoms with Gasteiger partial charge in [0.1, 0.15) is 0 Å². The van der Waals surface area contributed by atoms with E-state index in [1.54, 1.807) is 16.7 Å². The molecular weight excluding hydrogens is 310 g/mol. The molecule has 0 bridgehead atoms. The average Bonchev–Trinajstić information content (AvgIpc) is 2.48. The Balaban J connectivity index is 1.91. The van der Waals surface area contributed by atoms with Gasteiger partial charge in [0.05, 0.1) is 0 Å². The van der Waals surface area contributed by atoms with Gasteiger partial charge >= 0.3 is 11.8 Å². The summed E-state index contributed by atoms with van der Waals surface area (Å²) in [5, 5.41) is 2.69. The lowest BCUT2D eigenvalue weighted by atomic mass is 10.3. The van der Waals surface area contributed by atoms with E-state index in [1.165, 1.54) is 0 Å². The fourth-order valence-corrected chi connectivity index (χ4v) is 3.28. The van der Waals surface area contributed by atoms with Gasteiger partial charge in [-0.25, -0.2) is 0 Å². The van der Waals surface area contributed by atoms with E-state index in [4.69, 9.17) is 0 Å².